The molecule has 2 aliphatic heterocycles. The van der Waals surface area contributed by atoms with E-state index < -0.39 is 17.5 Å². The van der Waals surface area contributed by atoms with Gasteiger partial charge in [0.25, 0.3) is 11.8 Å². The molecule has 4 amide bonds. The number of furan rings is 1. The molecular formula is C22H16N4O5. The van der Waals surface area contributed by atoms with Crippen molar-refractivity contribution < 1.29 is 23.5 Å². The number of rotatable bonds is 4. The lowest BCUT2D eigenvalue weighted by Crippen LogP contribution is -2.52. The van der Waals surface area contributed by atoms with Crippen LogP contribution in [0.15, 0.2) is 46.9 Å². The minimum Gasteiger partial charge on any atom is -0.497 e. The van der Waals surface area contributed by atoms with Crippen molar-refractivity contribution >= 4 is 28.8 Å². The lowest BCUT2D eigenvalue weighted by Gasteiger charge is -2.29. The van der Waals surface area contributed by atoms with Crippen LogP contribution in [0, 0.1) is 11.3 Å². The standard InChI is InChI=1S/C22H16N4O5/c1-30-15-4-3-13-10-26(19(27)16(13)8-15)11-22(20(28)24-21(29)25-22)18-7-14-6-12(9-23)2-5-17(14)31-18/h2-8H,10-11H2,1H3,(H2,24,25,28,29)/t22-/m0/s1. The number of hydrogen-bond donors (Lipinski definition) is 2. The van der Waals surface area contributed by atoms with Crippen LogP contribution >= 0.6 is 0 Å². The van der Waals surface area contributed by atoms with E-state index in [1.54, 1.807) is 42.5 Å². The summed E-state index contributed by atoms with van der Waals surface area (Å²) >= 11 is 0. The van der Waals surface area contributed by atoms with Crippen molar-refractivity contribution in [2.75, 3.05) is 13.7 Å². The number of nitriles is 1. The molecule has 1 fully saturated rings. The quantitative estimate of drug-likeness (QED) is 0.627. The molecule has 0 saturated carbocycles. The number of carbonyl (C=O) groups is 3. The third-order valence-corrected chi connectivity index (χ3v) is 5.63. The monoisotopic (exact) mass is 416 g/mol. The van der Waals surface area contributed by atoms with E-state index in [9.17, 15) is 14.4 Å². The fourth-order valence-electron chi connectivity index (χ4n) is 4.06. The average Bonchev–Trinajstić information content (AvgIpc) is 3.41. The van der Waals surface area contributed by atoms with Gasteiger partial charge >= 0.3 is 6.03 Å². The minimum atomic E-state index is -1.59. The number of methoxy groups -OCH3 is 1. The van der Waals surface area contributed by atoms with E-state index in [1.165, 1.54) is 12.0 Å². The van der Waals surface area contributed by atoms with Gasteiger partial charge in [0, 0.05) is 17.5 Å². The molecule has 1 aromatic heterocycles. The van der Waals surface area contributed by atoms with Crippen molar-refractivity contribution in [3.63, 3.8) is 0 Å². The number of fused-ring (bicyclic) bond motifs is 2. The van der Waals surface area contributed by atoms with Gasteiger partial charge in [-0.05, 0) is 42.0 Å². The van der Waals surface area contributed by atoms with Crippen LogP contribution in [0.3, 0.4) is 0 Å². The largest absolute Gasteiger partial charge is 0.497 e. The number of nitrogens with one attached hydrogen (secondary N) is 2. The molecule has 0 unspecified atom stereocenters. The van der Waals surface area contributed by atoms with Gasteiger partial charge in [-0.3, -0.25) is 14.9 Å². The van der Waals surface area contributed by atoms with Gasteiger partial charge in [-0.2, -0.15) is 5.26 Å². The molecule has 2 aliphatic rings. The number of nitrogens with zero attached hydrogens (tertiary/aromatic N) is 2. The Morgan fingerprint density at radius 1 is 1.19 bits per heavy atom. The Labute approximate surface area is 176 Å². The zero-order valence-corrected chi connectivity index (χ0v) is 16.4. The SMILES string of the molecule is COc1ccc2c(c1)C(=O)N(C[C@@]1(c3cc4cc(C#N)ccc4o3)NC(=O)NC1=O)C2. The zero-order valence-electron chi connectivity index (χ0n) is 16.4. The highest BCUT2D eigenvalue weighted by molar-refractivity contribution is 6.08. The molecular weight excluding hydrogens is 400 g/mol. The van der Waals surface area contributed by atoms with Gasteiger partial charge in [0.05, 0.1) is 25.3 Å². The number of ether oxygens (including phenoxy) is 1. The molecule has 31 heavy (non-hydrogen) atoms. The van der Waals surface area contributed by atoms with Gasteiger partial charge in [0.1, 0.15) is 17.1 Å². The Bertz CT molecular complexity index is 1320. The highest BCUT2D eigenvalue weighted by Crippen LogP contribution is 2.35. The number of benzene rings is 2. The van der Waals surface area contributed by atoms with Gasteiger partial charge in [-0.1, -0.05) is 6.07 Å². The predicted molar refractivity (Wildman–Crippen MR) is 107 cm³/mol. The molecule has 1 atom stereocenters. The summed E-state index contributed by atoms with van der Waals surface area (Å²) in [5, 5.41) is 14.6. The first-order valence-corrected chi connectivity index (χ1v) is 9.47. The number of carbonyl (C=O) groups excluding carboxylic acids is 3. The fraction of sp³-hybridized carbons (Fsp3) is 0.182. The second kappa shape index (κ2) is 6.60. The molecule has 9 heteroatoms. The Hall–Kier alpha value is -4.32. The molecule has 3 aromatic rings. The maximum Gasteiger partial charge on any atom is 0.322 e. The van der Waals surface area contributed by atoms with Gasteiger partial charge in [-0.25, -0.2) is 4.79 Å². The summed E-state index contributed by atoms with van der Waals surface area (Å²) in [4.78, 5) is 39.5. The first-order valence-electron chi connectivity index (χ1n) is 9.47. The Morgan fingerprint density at radius 2 is 2.03 bits per heavy atom. The smallest absolute Gasteiger partial charge is 0.322 e. The van der Waals surface area contributed by atoms with E-state index >= 15 is 0 Å². The molecule has 3 heterocycles. The van der Waals surface area contributed by atoms with E-state index in [1.807, 2.05) is 0 Å². The first kappa shape index (κ1) is 18.7. The van der Waals surface area contributed by atoms with Crippen molar-refractivity contribution in [2.24, 2.45) is 0 Å². The molecule has 0 radical (unpaired) electrons. The lowest BCUT2D eigenvalue weighted by molar-refractivity contribution is -0.125. The van der Waals surface area contributed by atoms with Crippen LogP contribution in [0.2, 0.25) is 0 Å². The average molecular weight is 416 g/mol. The van der Waals surface area contributed by atoms with E-state index in [-0.39, 0.29) is 24.8 Å². The zero-order chi connectivity index (χ0) is 21.8. The third-order valence-electron chi connectivity index (χ3n) is 5.63. The molecule has 0 spiro atoms. The second-order valence-electron chi connectivity index (χ2n) is 7.47. The van der Waals surface area contributed by atoms with Crippen LogP contribution in [-0.4, -0.2) is 36.4 Å². The third kappa shape index (κ3) is 2.80. The van der Waals surface area contributed by atoms with Gasteiger partial charge in [-0.15, -0.1) is 0 Å². The summed E-state index contributed by atoms with van der Waals surface area (Å²) < 4.78 is 11.1. The highest BCUT2D eigenvalue weighted by Gasteiger charge is 2.53. The molecule has 2 N–H and O–H groups in total. The first-order chi connectivity index (χ1) is 14.9. The molecule has 9 nitrogen and oxygen atoms in total. The number of urea groups is 1. The van der Waals surface area contributed by atoms with Crippen LogP contribution in [0.1, 0.15) is 27.2 Å². The van der Waals surface area contributed by atoms with Gasteiger partial charge in [0.15, 0.2) is 5.54 Å². The van der Waals surface area contributed by atoms with Crippen molar-refractivity contribution in [1.82, 2.24) is 15.5 Å². The van der Waals surface area contributed by atoms with Crippen LogP contribution in [0.4, 0.5) is 4.79 Å². The second-order valence-corrected chi connectivity index (χ2v) is 7.47. The Morgan fingerprint density at radius 3 is 2.74 bits per heavy atom. The van der Waals surface area contributed by atoms with Crippen molar-refractivity contribution in [3.05, 3.63) is 64.9 Å². The van der Waals surface area contributed by atoms with E-state index in [0.29, 0.717) is 27.8 Å². The lowest BCUT2D eigenvalue weighted by atomic mass is 9.95. The molecule has 2 aromatic carbocycles. The molecule has 154 valence electrons. The topological polar surface area (TPSA) is 125 Å². The van der Waals surface area contributed by atoms with Crippen LogP contribution in [0.5, 0.6) is 5.75 Å². The molecule has 5 rings (SSSR count). The van der Waals surface area contributed by atoms with Crippen molar-refractivity contribution in [1.29, 1.82) is 5.26 Å². The van der Waals surface area contributed by atoms with E-state index in [4.69, 9.17) is 14.4 Å². The normalized spacial score (nSPS) is 19.9. The summed E-state index contributed by atoms with van der Waals surface area (Å²) in [5.74, 6) is -0.146. The van der Waals surface area contributed by atoms with Crippen molar-refractivity contribution in [2.45, 2.75) is 12.1 Å². The van der Waals surface area contributed by atoms with E-state index in [0.717, 1.165) is 5.56 Å². The van der Waals surface area contributed by atoms with Crippen LogP contribution in [0.25, 0.3) is 11.0 Å². The Balaban J connectivity index is 1.55. The predicted octanol–water partition coefficient (Wildman–Crippen LogP) is 2.00. The number of imide groups is 1. The number of amides is 4. The summed E-state index contributed by atoms with van der Waals surface area (Å²) in [7, 11) is 1.52. The fourth-order valence-corrected chi connectivity index (χ4v) is 4.06. The van der Waals surface area contributed by atoms with Crippen molar-refractivity contribution in [3.8, 4) is 11.8 Å². The van der Waals surface area contributed by atoms with Crippen LogP contribution in [-0.2, 0) is 16.9 Å². The van der Waals surface area contributed by atoms with E-state index in [2.05, 4.69) is 16.7 Å². The van der Waals surface area contributed by atoms with Gasteiger partial charge < -0.3 is 19.4 Å². The summed E-state index contributed by atoms with van der Waals surface area (Å²) in [6.07, 6.45) is 0. The Kier molecular flexibility index (Phi) is 3.98. The maximum atomic E-state index is 13.0. The maximum absolute atomic E-state index is 13.0. The summed E-state index contributed by atoms with van der Waals surface area (Å²) in [6, 6.07) is 13.1. The molecule has 0 bridgehead atoms. The van der Waals surface area contributed by atoms with Crippen LogP contribution < -0.4 is 15.4 Å². The number of hydrogen-bond acceptors (Lipinski definition) is 6. The summed E-state index contributed by atoms with van der Waals surface area (Å²) in [6.45, 7) is 0.160. The molecule has 1 saturated heterocycles. The highest BCUT2D eigenvalue weighted by atomic mass is 16.5. The summed E-state index contributed by atoms with van der Waals surface area (Å²) in [5.41, 5.74) is 0.595. The minimum absolute atomic E-state index is 0.120. The molecule has 0 aliphatic carbocycles. The van der Waals surface area contributed by atoms with Gasteiger partial charge in [0.2, 0.25) is 0 Å².